The van der Waals surface area contributed by atoms with Crippen LogP contribution in [0, 0.1) is 0 Å². The Balaban J connectivity index is 2.74. The van der Waals surface area contributed by atoms with Gasteiger partial charge in [0.15, 0.2) is 5.78 Å². The van der Waals surface area contributed by atoms with Crippen LogP contribution in [0.1, 0.15) is 24.2 Å². The fraction of sp³-hybridized carbons (Fsp3) is 0.417. The second-order valence-electron chi connectivity index (χ2n) is 3.84. The smallest absolute Gasteiger partial charge is 0.181 e. The van der Waals surface area contributed by atoms with Crippen LogP contribution in [0.4, 0.5) is 0 Å². The number of hydrogen-bond acceptors (Lipinski definition) is 4. The minimum atomic E-state index is -0.816. The first-order chi connectivity index (χ1) is 7.54. The van der Waals surface area contributed by atoms with Crippen LogP contribution in [0.15, 0.2) is 29.2 Å². The third kappa shape index (κ3) is 3.63. The molecule has 3 nitrogen and oxygen atoms in total. The van der Waals surface area contributed by atoms with Crippen molar-refractivity contribution in [1.29, 1.82) is 0 Å². The van der Waals surface area contributed by atoms with E-state index in [2.05, 4.69) is 13.8 Å². The maximum atomic E-state index is 11.6. The molecule has 4 heteroatoms. The molecule has 3 N–H and O–H groups in total. The van der Waals surface area contributed by atoms with Crippen LogP contribution in [0.2, 0.25) is 0 Å². The summed E-state index contributed by atoms with van der Waals surface area (Å²) in [4.78, 5) is 12.7. The van der Waals surface area contributed by atoms with Gasteiger partial charge in [-0.05, 0) is 12.1 Å². The monoisotopic (exact) mass is 239 g/mol. The van der Waals surface area contributed by atoms with E-state index in [0.717, 1.165) is 4.90 Å². The van der Waals surface area contributed by atoms with E-state index >= 15 is 0 Å². The molecule has 0 amide bonds. The average Bonchev–Trinajstić information content (AvgIpc) is 2.27. The second kappa shape index (κ2) is 6.03. The Bertz CT molecular complexity index is 349. The molecule has 0 aliphatic carbocycles. The lowest BCUT2D eigenvalue weighted by atomic mass is 10.1. The van der Waals surface area contributed by atoms with Crippen LogP contribution in [0.25, 0.3) is 0 Å². The molecule has 16 heavy (non-hydrogen) atoms. The SMILES string of the molecule is CC(C)Sc1ccc(C(=O)C(N)CO)cc1. The molecule has 1 aromatic rings. The quantitative estimate of drug-likeness (QED) is 0.606. The molecule has 0 aromatic heterocycles. The Morgan fingerprint density at radius 2 is 1.94 bits per heavy atom. The fourth-order valence-corrected chi connectivity index (χ4v) is 2.10. The van der Waals surface area contributed by atoms with E-state index in [0.29, 0.717) is 10.8 Å². The van der Waals surface area contributed by atoms with Gasteiger partial charge in [0.05, 0.1) is 12.6 Å². The molecular formula is C12H17NO2S. The van der Waals surface area contributed by atoms with Crippen LogP contribution >= 0.6 is 11.8 Å². The topological polar surface area (TPSA) is 63.3 Å². The van der Waals surface area contributed by atoms with Crippen molar-refractivity contribution in [3.8, 4) is 0 Å². The molecular weight excluding hydrogens is 222 g/mol. The van der Waals surface area contributed by atoms with Gasteiger partial charge >= 0.3 is 0 Å². The molecule has 0 radical (unpaired) electrons. The maximum Gasteiger partial charge on any atom is 0.181 e. The van der Waals surface area contributed by atoms with Gasteiger partial charge in [-0.25, -0.2) is 0 Å². The summed E-state index contributed by atoms with van der Waals surface area (Å²) in [6, 6.07) is 6.50. The normalized spacial score (nSPS) is 12.8. The molecule has 0 saturated heterocycles. The lowest BCUT2D eigenvalue weighted by molar-refractivity contribution is 0.0925. The molecule has 1 rings (SSSR count). The van der Waals surface area contributed by atoms with Crippen LogP contribution in [0.3, 0.4) is 0 Å². The molecule has 1 aromatic carbocycles. The van der Waals surface area contributed by atoms with Crippen LogP contribution in [0.5, 0.6) is 0 Å². The summed E-state index contributed by atoms with van der Waals surface area (Å²) in [5, 5.41) is 9.31. The highest BCUT2D eigenvalue weighted by atomic mass is 32.2. The lowest BCUT2D eigenvalue weighted by Crippen LogP contribution is -2.33. The Morgan fingerprint density at radius 3 is 2.38 bits per heavy atom. The molecule has 0 aliphatic rings. The van der Waals surface area contributed by atoms with E-state index in [1.165, 1.54) is 0 Å². The van der Waals surface area contributed by atoms with Crippen LogP contribution < -0.4 is 5.73 Å². The van der Waals surface area contributed by atoms with Crippen molar-refractivity contribution < 1.29 is 9.90 Å². The molecule has 1 unspecified atom stereocenters. The van der Waals surface area contributed by atoms with Crippen molar-refractivity contribution in [2.24, 2.45) is 5.73 Å². The number of aliphatic hydroxyl groups excluding tert-OH is 1. The first-order valence-corrected chi connectivity index (χ1v) is 6.10. The zero-order valence-corrected chi connectivity index (χ0v) is 10.3. The number of hydrogen-bond donors (Lipinski definition) is 2. The average molecular weight is 239 g/mol. The van der Waals surface area contributed by atoms with E-state index < -0.39 is 6.04 Å². The van der Waals surface area contributed by atoms with Crippen molar-refractivity contribution in [1.82, 2.24) is 0 Å². The number of thioether (sulfide) groups is 1. The van der Waals surface area contributed by atoms with E-state index in [9.17, 15) is 4.79 Å². The van der Waals surface area contributed by atoms with Gasteiger partial charge in [0.1, 0.15) is 0 Å². The minimum absolute atomic E-state index is 0.219. The van der Waals surface area contributed by atoms with Gasteiger partial charge in [-0.15, -0.1) is 11.8 Å². The van der Waals surface area contributed by atoms with E-state index in [1.54, 1.807) is 23.9 Å². The summed E-state index contributed by atoms with van der Waals surface area (Å²) < 4.78 is 0. The standard InChI is InChI=1S/C12H17NO2S/c1-8(2)16-10-5-3-9(4-6-10)12(15)11(13)7-14/h3-6,8,11,14H,7,13H2,1-2H3. The number of benzene rings is 1. The van der Waals surface area contributed by atoms with Gasteiger partial charge in [0.2, 0.25) is 0 Å². The Morgan fingerprint density at radius 1 is 1.38 bits per heavy atom. The highest BCUT2D eigenvalue weighted by Gasteiger charge is 2.14. The zero-order valence-electron chi connectivity index (χ0n) is 9.51. The van der Waals surface area contributed by atoms with E-state index in [-0.39, 0.29) is 12.4 Å². The summed E-state index contributed by atoms with van der Waals surface area (Å²) in [6.07, 6.45) is 0. The first kappa shape index (κ1) is 13.2. The third-order valence-electron chi connectivity index (χ3n) is 2.04. The summed E-state index contributed by atoms with van der Waals surface area (Å²) in [7, 11) is 0. The number of rotatable bonds is 5. The summed E-state index contributed by atoms with van der Waals surface area (Å²) in [6.45, 7) is 3.91. The highest BCUT2D eigenvalue weighted by molar-refractivity contribution is 7.99. The predicted molar refractivity (Wildman–Crippen MR) is 66.8 cm³/mol. The number of carbonyl (C=O) groups excluding carboxylic acids is 1. The highest BCUT2D eigenvalue weighted by Crippen LogP contribution is 2.23. The molecule has 0 fully saturated rings. The van der Waals surface area contributed by atoms with E-state index in [4.69, 9.17) is 10.8 Å². The van der Waals surface area contributed by atoms with E-state index in [1.807, 2.05) is 12.1 Å². The van der Waals surface area contributed by atoms with Crippen LogP contribution in [-0.4, -0.2) is 28.8 Å². The number of ketones is 1. The van der Waals surface area contributed by atoms with Gasteiger partial charge < -0.3 is 10.8 Å². The summed E-state index contributed by atoms with van der Waals surface area (Å²) in [5.41, 5.74) is 6.01. The van der Waals surface area contributed by atoms with Crippen LogP contribution in [-0.2, 0) is 0 Å². The molecule has 0 heterocycles. The Hall–Kier alpha value is -0.840. The maximum absolute atomic E-state index is 11.6. The Kier molecular flexibility index (Phi) is 4.99. The fourth-order valence-electron chi connectivity index (χ4n) is 1.27. The number of aliphatic hydroxyl groups is 1. The first-order valence-electron chi connectivity index (χ1n) is 5.22. The third-order valence-corrected chi connectivity index (χ3v) is 3.06. The van der Waals surface area contributed by atoms with Crippen molar-refractivity contribution in [2.75, 3.05) is 6.61 Å². The molecule has 0 bridgehead atoms. The number of carbonyl (C=O) groups is 1. The van der Waals surface area contributed by atoms with Gasteiger partial charge in [-0.2, -0.15) is 0 Å². The number of Topliss-reactive ketones (excluding diaryl/α,β-unsaturated/α-hetero) is 1. The molecule has 88 valence electrons. The summed E-state index contributed by atoms with van der Waals surface area (Å²) >= 11 is 1.74. The Labute approximate surface area is 100 Å². The van der Waals surface area contributed by atoms with Gasteiger partial charge in [0.25, 0.3) is 0 Å². The van der Waals surface area contributed by atoms with Crippen molar-refractivity contribution in [3.63, 3.8) is 0 Å². The lowest BCUT2D eigenvalue weighted by Gasteiger charge is -2.08. The minimum Gasteiger partial charge on any atom is -0.394 e. The molecule has 0 aliphatic heterocycles. The molecule has 0 spiro atoms. The largest absolute Gasteiger partial charge is 0.394 e. The second-order valence-corrected chi connectivity index (χ2v) is 5.49. The predicted octanol–water partition coefficient (Wildman–Crippen LogP) is 1.69. The number of nitrogens with two attached hydrogens (primary N) is 1. The van der Waals surface area contributed by atoms with Gasteiger partial charge in [-0.1, -0.05) is 26.0 Å². The summed E-state index contributed by atoms with van der Waals surface area (Å²) in [5.74, 6) is -0.219. The van der Waals surface area contributed by atoms with Crippen molar-refractivity contribution in [3.05, 3.63) is 29.8 Å². The van der Waals surface area contributed by atoms with Gasteiger partial charge in [0, 0.05) is 15.7 Å². The van der Waals surface area contributed by atoms with Gasteiger partial charge in [-0.3, -0.25) is 4.79 Å². The molecule has 1 atom stereocenters. The zero-order chi connectivity index (χ0) is 12.1. The van der Waals surface area contributed by atoms with Crippen molar-refractivity contribution in [2.45, 2.75) is 30.0 Å². The molecule has 0 saturated carbocycles. The van der Waals surface area contributed by atoms with Crippen molar-refractivity contribution >= 4 is 17.5 Å².